The van der Waals surface area contributed by atoms with Crippen LogP contribution < -0.4 is 4.74 Å². The highest BCUT2D eigenvalue weighted by Gasteiger charge is 2.15. The number of carbonyl (C=O) groups is 1. The average Bonchev–Trinajstić information content (AvgIpc) is 2.44. The van der Waals surface area contributed by atoms with Crippen LogP contribution in [0.1, 0.15) is 15.9 Å². The summed E-state index contributed by atoms with van der Waals surface area (Å²) in [6, 6.07) is 7.37. The minimum atomic E-state index is -1.21. The standard InChI is InChI=1S/C14H6BrF2NO3/c15-9-4-10(16)13(17)12(5-9)21-11-2-1-7(14(19)20)3-8(11)6-18/h1-5H,(H,19,20). The number of halogens is 3. The molecule has 21 heavy (non-hydrogen) atoms. The number of ether oxygens (including phenoxy) is 1. The van der Waals surface area contributed by atoms with E-state index in [0.29, 0.717) is 0 Å². The summed E-state index contributed by atoms with van der Waals surface area (Å²) < 4.78 is 32.3. The summed E-state index contributed by atoms with van der Waals surface area (Å²) in [5.41, 5.74) is -0.213. The SMILES string of the molecule is N#Cc1cc(C(=O)O)ccc1Oc1cc(Br)cc(F)c1F. The Kier molecular flexibility index (Phi) is 4.19. The summed E-state index contributed by atoms with van der Waals surface area (Å²) in [6.07, 6.45) is 0. The molecule has 2 aromatic rings. The Hall–Kier alpha value is -2.46. The zero-order valence-electron chi connectivity index (χ0n) is 10.2. The normalized spacial score (nSPS) is 10.0. The van der Waals surface area contributed by atoms with Gasteiger partial charge in [0.05, 0.1) is 11.1 Å². The van der Waals surface area contributed by atoms with Gasteiger partial charge in [-0.25, -0.2) is 9.18 Å². The predicted octanol–water partition coefficient (Wildman–Crippen LogP) is 4.09. The molecule has 0 bridgehead atoms. The minimum absolute atomic E-state index is 0.0705. The van der Waals surface area contributed by atoms with E-state index in [4.69, 9.17) is 15.1 Å². The molecule has 0 saturated carbocycles. The molecule has 0 fully saturated rings. The highest BCUT2D eigenvalue weighted by Crippen LogP contribution is 2.31. The van der Waals surface area contributed by atoms with Gasteiger partial charge in [0.1, 0.15) is 11.8 Å². The molecule has 2 aromatic carbocycles. The van der Waals surface area contributed by atoms with Crippen LogP contribution in [0.15, 0.2) is 34.8 Å². The number of hydrogen-bond donors (Lipinski definition) is 1. The molecule has 106 valence electrons. The van der Waals surface area contributed by atoms with Crippen molar-refractivity contribution >= 4 is 21.9 Å². The van der Waals surface area contributed by atoms with Crippen molar-refractivity contribution in [1.29, 1.82) is 5.26 Å². The molecule has 0 spiro atoms. The lowest BCUT2D eigenvalue weighted by atomic mass is 10.1. The van der Waals surface area contributed by atoms with Gasteiger partial charge in [-0.05, 0) is 30.3 Å². The van der Waals surface area contributed by atoms with Crippen LogP contribution in [0.25, 0.3) is 0 Å². The van der Waals surface area contributed by atoms with E-state index in [1.807, 2.05) is 0 Å². The topological polar surface area (TPSA) is 70.3 Å². The Morgan fingerprint density at radius 3 is 2.57 bits per heavy atom. The Labute approximate surface area is 126 Å². The van der Waals surface area contributed by atoms with Crippen LogP contribution >= 0.6 is 15.9 Å². The number of hydrogen-bond acceptors (Lipinski definition) is 3. The molecule has 1 N–H and O–H groups in total. The second-order valence-electron chi connectivity index (χ2n) is 3.93. The monoisotopic (exact) mass is 353 g/mol. The van der Waals surface area contributed by atoms with Crippen molar-refractivity contribution in [2.45, 2.75) is 0 Å². The quantitative estimate of drug-likeness (QED) is 0.843. The van der Waals surface area contributed by atoms with Crippen molar-refractivity contribution in [3.05, 3.63) is 57.6 Å². The second kappa shape index (κ2) is 5.89. The number of benzene rings is 2. The van der Waals surface area contributed by atoms with E-state index in [1.54, 1.807) is 6.07 Å². The molecular formula is C14H6BrF2NO3. The maximum Gasteiger partial charge on any atom is 0.335 e. The fraction of sp³-hybridized carbons (Fsp3) is 0. The molecule has 0 aromatic heterocycles. The number of rotatable bonds is 3. The summed E-state index contributed by atoms with van der Waals surface area (Å²) in [7, 11) is 0. The first-order valence-electron chi connectivity index (χ1n) is 5.52. The first kappa shape index (κ1) is 14.9. The van der Waals surface area contributed by atoms with Crippen molar-refractivity contribution in [2.24, 2.45) is 0 Å². The van der Waals surface area contributed by atoms with Gasteiger partial charge < -0.3 is 9.84 Å². The first-order valence-corrected chi connectivity index (χ1v) is 6.31. The zero-order valence-corrected chi connectivity index (χ0v) is 11.8. The van der Waals surface area contributed by atoms with Crippen LogP contribution in [-0.2, 0) is 0 Å². The van der Waals surface area contributed by atoms with E-state index in [9.17, 15) is 13.6 Å². The van der Waals surface area contributed by atoms with Crippen LogP contribution in [0, 0.1) is 23.0 Å². The van der Waals surface area contributed by atoms with Crippen molar-refractivity contribution in [2.75, 3.05) is 0 Å². The van der Waals surface area contributed by atoms with E-state index in [1.165, 1.54) is 18.2 Å². The molecule has 0 unspecified atom stereocenters. The Balaban J connectivity index is 2.45. The second-order valence-corrected chi connectivity index (χ2v) is 4.85. The highest BCUT2D eigenvalue weighted by molar-refractivity contribution is 9.10. The maximum atomic E-state index is 13.6. The van der Waals surface area contributed by atoms with E-state index >= 15 is 0 Å². The highest BCUT2D eigenvalue weighted by atomic mass is 79.9. The fourth-order valence-corrected chi connectivity index (χ4v) is 1.97. The Bertz CT molecular complexity index is 772. The van der Waals surface area contributed by atoms with Crippen LogP contribution in [0.2, 0.25) is 0 Å². The van der Waals surface area contributed by atoms with Gasteiger partial charge in [-0.2, -0.15) is 9.65 Å². The molecule has 7 heteroatoms. The molecule has 0 amide bonds. The van der Waals surface area contributed by atoms with Gasteiger partial charge in [0.2, 0.25) is 5.82 Å². The maximum absolute atomic E-state index is 13.6. The molecule has 2 rings (SSSR count). The average molecular weight is 354 g/mol. The molecule has 0 atom stereocenters. The van der Waals surface area contributed by atoms with Gasteiger partial charge in [0.15, 0.2) is 11.6 Å². The van der Waals surface area contributed by atoms with Gasteiger partial charge in [0, 0.05) is 4.47 Å². The molecule has 0 aliphatic carbocycles. The van der Waals surface area contributed by atoms with Gasteiger partial charge in [-0.3, -0.25) is 0 Å². The molecular weight excluding hydrogens is 348 g/mol. The summed E-state index contributed by atoms with van der Waals surface area (Å²) in [4.78, 5) is 10.8. The first-order chi connectivity index (χ1) is 9.92. The lowest BCUT2D eigenvalue weighted by Gasteiger charge is -2.09. The summed E-state index contributed by atoms with van der Waals surface area (Å²) in [6.45, 7) is 0. The van der Waals surface area contributed by atoms with Crippen molar-refractivity contribution in [1.82, 2.24) is 0 Å². The third kappa shape index (κ3) is 3.17. The van der Waals surface area contributed by atoms with E-state index in [0.717, 1.165) is 12.1 Å². The Morgan fingerprint density at radius 2 is 1.95 bits per heavy atom. The number of carboxylic acid groups (broad SMARTS) is 1. The van der Waals surface area contributed by atoms with Crippen molar-refractivity contribution in [3.8, 4) is 17.6 Å². The van der Waals surface area contributed by atoms with Gasteiger partial charge >= 0.3 is 5.97 Å². The fourth-order valence-electron chi connectivity index (χ4n) is 1.56. The van der Waals surface area contributed by atoms with E-state index in [-0.39, 0.29) is 21.3 Å². The van der Waals surface area contributed by atoms with Gasteiger partial charge in [-0.15, -0.1) is 0 Å². The van der Waals surface area contributed by atoms with Gasteiger partial charge in [-0.1, -0.05) is 15.9 Å². The smallest absolute Gasteiger partial charge is 0.335 e. The Morgan fingerprint density at radius 1 is 1.24 bits per heavy atom. The summed E-state index contributed by atoms with van der Waals surface area (Å²) >= 11 is 3.00. The third-order valence-electron chi connectivity index (χ3n) is 2.53. The third-order valence-corrected chi connectivity index (χ3v) is 2.98. The molecule has 0 radical (unpaired) electrons. The number of nitriles is 1. The summed E-state index contributed by atoms with van der Waals surface area (Å²) in [5, 5.41) is 17.8. The minimum Gasteiger partial charge on any atom is -0.478 e. The molecule has 0 aliphatic rings. The van der Waals surface area contributed by atoms with Crippen molar-refractivity contribution < 1.29 is 23.4 Å². The van der Waals surface area contributed by atoms with Crippen LogP contribution in [-0.4, -0.2) is 11.1 Å². The predicted molar refractivity (Wildman–Crippen MR) is 72.2 cm³/mol. The molecule has 0 aliphatic heterocycles. The number of nitrogens with zero attached hydrogens (tertiary/aromatic N) is 1. The number of aromatic carboxylic acids is 1. The van der Waals surface area contributed by atoms with E-state index in [2.05, 4.69) is 15.9 Å². The molecule has 0 heterocycles. The van der Waals surface area contributed by atoms with Crippen LogP contribution in [0.3, 0.4) is 0 Å². The zero-order chi connectivity index (χ0) is 15.6. The van der Waals surface area contributed by atoms with Crippen LogP contribution in [0.5, 0.6) is 11.5 Å². The number of carboxylic acids is 1. The molecule has 4 nitrogen and oxygen atoms in total. The summed E-state index contributed by atoms with van der Waals surface area (Å²) in [5.74, 6) is -4.01. The van der Waals surface area contributed by atoms with Gasteiger partial charge in [0.25, 0.3) is 0 Å². The van der Waals surface area contributed by atoms with Crippen LogP contribution in [0.4, 0.5) is 8.78 Å². The largest absolute Gasteiger partial charge is 0.478 e. The van der Waals surface area contributed by atoms with E-state index < -0.39 is 23.4 Å². The van der Waals surface area contributed by atoms with Crippen molar-refractivity contribution in [3.63, 3.8) is 0 Å². The lowest BCUT2D eigenvalue weighted by molar-refractivity contribution is 0.0697. The lowest BCUT2D eigenvalue weighted by Crippen LogP contribution is -1.99. The molecule has 0 saturated heterocycles.